The topological polar surface area (TPSA) is 42.0 Å². The van der Waals surface area contributed by atoms with Crippen molar-refractivity contribution in [2.45, 2.75) is 71.2 Å². The molecule has 2 aliphatic rings. The minimum atomic E-state index is 0.122. The van der Waals surface area contributed by atoms with Gasteiger partial charge in [-0.05, 0) is 57.4 Å². The molecule has 2 aliphatic heterocycles. The largest absolute Gasteiger partial charge is 0.493 e. The average molecular weight is 360 g/mol. The first-order chi connectivity index (χ1) is 12.5. The van der Waals surface area contributed by atoms with Crippen molar-refractivity contribution in [1.29, 1.82) is 0 Å². The molecule has 2 fully saturated rings. The Balaban J connectivity index is 1.76. The van der Waals surface area contributed by atoms with Crippen LogP contribution in [-0.2, 0) is 11.3 Å². The van der Waals surface area contributed by atoms with Crippen molar-refractivity contribution in [1.82, 2.24) is 9.80 Å². The lowest BCUT2D eigenvalue weighted by molar-refractivity contribution is -0.130. The van der Waals surface area contributed by atoms with Crippen molar-refractivity contribution in [2.24, 2.45) is 0 Å². The van der Waals surface area contributed by atoms with E-state index in [1.807, 2.05) is 19.9 Å². The number of likely N-dealkylation sites (tertiary alicyclic amines) is 2. The summed E-state index contributed by atoms with van der Waals surface area (Å²) in [4.78, 5) is 16.6. The molecule has 0 saturated carbocycles. The quantitative estimate of drug-likeness (QED) is 0.806. The van der Waals surface area contributed by atoms with Gasteiger partial charge >= 0.3 is 0 Å². The van der Waals surface area contributed by atoms with Crippen LogP contribution in [0.25, 0.3) is 0 Å². The smallest absolute Gasteiger partial charge is 0.219 e. The van der Waals surface area contributed by atoms with Crippen molar-refractivity contribution in [3.05, 3.63) is 23.8 Å². The number of ether oxygens (including phenoxy) is 2. The Hall–Kier alpha value is -1.75. The van der Waals surface area contributed by atoms with Gasteiger partial charge in [0.15, 0.2) is 11.5 Å². The van der Waals surface area contributed by atoms with E-state index in [4.69, 9.17) is 9.47 Å². The highest BCUT2D eigenvalue weighted by atomic mass is 16.5. The molecular formula is C21H32N2O3. The van der Waals surface area contributed by atoms with Gasteiger partial charge in [-0.1, -0.05) is 12.5 Å². The van der Waals surface area contributed by atoms with E-state index >= 15 is 0 Å². The van der Waals surface area contributed by atoms with Crippen LogP contribution in [0.3, 0.4) is 0 Å². The van der Waals surface area contributed by atoms with E-state index in [-0.39, 0.29) is 12.0 Å². The Bertz CT molecular complexity index is 632. The van der Waals surface area contributed by atoms with E-state index in [0.717, 1.165) is 44.0 Å². The highest BCUT2D eigenvalue weighted by Gasteiger charge is 2.39. The fourth-order valence-corrected chi connectivity index (χ4v) is 4.43. The molecule has 26 heavy (non-hydrogen) atoms. The standard InChI is InChI=1S/C21H32N2O3/c1-15(2)26-20-9-8-17(13-21(20)25-4)14-22-11-6-5-7-19-18(22)10-12-23(19)16(3)24/h8-9,13,15,18-19H,5-7,10-12,14H2,1-4H3/t18-,19-/m1/s1. The summed E-state index contributed by atoms with van der Waals surface area (Å²) >= 11 is 0. The maximum absolute atomic E-state index is 12.0. The third-order valence-corrected chi connectivity index (χ3v) is 5.56. The van der Waals surface area contributed by atoms with E-state index in [1.165, 1.54) is 18.4 Å². The Kier molecular flexibility index (Phi) is 6.07. The summed E-state index contributed by atoms with van der Waals surface area (Å²) in [5.74, 6) is 1.80. The minimum absolute atomic E-state index is 0.122. The van der Waals surface area contributed by atoms with Crippen LogP contribution >= 0.6 is 0 Å². The molecule has 0 aromatic heterocycles. The number of carbonyl (C=O) groups excluding carboxylic acids is 1. The molecule has 0 radical (unpaired) electrons. The molecule has 0 spiro atoms. The van der Waals surface area contributed by atoms with Gasteiger partial charge in [-0.15, -0.1) is 0 Å². The zero-order valence-corrected chi connectivity index (χ0v) is 16.5. The van der Waals surface area contributed by atoms with Crippen LogP contribution in [0.4, 0.5) is 0 Å². The normalized spacial score (nSPS) is 23.7. The second kappa shape index (κ2) is 8.30. The Morgan fingerprint density at radius 2 is 1.96 bits per heavy atom. The Morgan fingerprint density at radius 3 is 2.65 bits per heavy atom. The molecule has 5 nitrogen and oxygen atoms in total. The molecule has 0 bridgehead atoms. The third kappa shape index (κ3) is 4.14. The van der Waals surface area contributed by atoms with E-state index in [0.29, 0.717) is 12.1 Å². The second-order valence-electron chi connectivity index (χ2n) is 7.75. The van der Waals surface area contributed by atoms with Gasteiger partial charge in [0.25, 0.3) is 0 Å². The maximum Gasteiger partial charge on any atom is 0.219 e. The molecule has 0 aliphatic carbocycles. The molecule has 144 valence electrons. The van der Waals surface area contributed by atoms with Gasteiger partial charge in [-0.2, -0.15) is 0 Å². The summed E-state index contributed by atoms with van der Waals surface area (Å²) < 4.78 is 11.4. The lowest BCUT2D eigenvalue weighted by Gasteiger charge is -2.33. The average Bonchev–Trinajstić information content (AvgIpc) is 2.93. The number of hydrogen-bond donors (Lipinski definition) is 0. The van der Waals surface area contributed by atoms with Crippen LogP contribution in [0.5, 0.6) is 11.5 Å². The molecular weight excluding hydrogens is 328 g/mol. The zero-order valence-electron chi connectivity index (χ0n) is 16.5. The van der Waals surface area contributed by atoms with Crippen LogP contribution < -0.4 is 9.47 Å². The molecule has 0 N–H and O–H groups in total. The Morgan fingerprint density at radius 1 is 1.15 bits per heavy atom. The summed E-state index contributed by atoms with van der Waals surface area (Å²) in [6, 6.07) is 7.09. The fraction of sp³-hybridized carbons (Fsp3) is 0.667. The lowest BCUT2D eigenvalue weighted by Crippen LogP contribution is -2.44. The molecule has 2 heterocycles. The molecule has 5 heteroatoms. The molecule has 1 aromatic carbocycles. The van der Waals surface area contributed by atoms with Crippen molar-refractivity contribution in [2.75, 3.05) is 20.2 Å². The number of amides is 1. The van der Waals surface area contributed by atoms with Crippen molar-refractivity contribution in [3.8, 4) is 11.5 Å². The van der Waals surface area contributed by atoms with Gasteiger partial charge < -0.3 is 14.4 Å². The summed E-state index contributed by atoms with van der Waals surface area (Å²) in [6.45, 7) is 8.63. The number of carbonyl (C=O) groups is 1. The molecule has 1 amide bonds. The van der Waals surface area contributed by atoms with Crippen LogP contribution in [0, 0.1) is 0 Å². The van der Waals surface area contributed by atoms with E-state index in [1.54, 1.807) is 14.0 Å². The number of benzene rings is 1. The minimum Gasteiger partial charge on any atom is -0.493 e. The first-order valence-corrected chi connectivity index (χ1v) is 9.84. The van der Waals surface area contributed by atoms with Crippen molar-refractivity contribution in [3.63, 3.8) is 0 Å². The molecule has 3 rings (SSSR count). The number of hydrogen-bond acceptors (Lipinski definition) is 4. The van der Waals surface area contributed by atoms with Gasteiger partial charge in [0.1, 0.15) is 0 Å². The molecule has 2 saturated heterocycles. The van der Waals surface area contributed by atoms with Crippen molar-refractivity contribution < 1.29 is 14.3 Å². The van der Waals surface area contributed by atoms with Gasteiger partial charge in [0.2, 0.25) is 5.91 Å². The third-order valence-electron chi connectivity index (χ3n) is 5.56. The van der Waals surface area contributed by atoms with Crippen LogP contribution in [-0.4, -0.2) is 54.1 Å². The molecule has 0 unspecified atom stereocenters. The Labute approximate surface area is 157 Å². The van der Waals surface area contributed by atoms with Gasteiger partial charge in [0, 0.05) is 32.1 Å². The molecule has 1 aromatic rings. The van der Waals surface area contributed by atoms with Crippen LogP contribution in [0.2, 0.25) is 0 Å². The molecule has 2 atom stereocenters. The van der Waals surface area contributed by atoms with E-state index in [9.17, 15) is 4.79 Å². The first-order valence-electron chi connectivity index (χ1n) is 9.84. The van der Waals surface area contributed by atoms with Crippen LogP contribution in [0.15, 0.2) is 18.2 Å². The first kappa shape index (κ1) is 19.0. The summed E-state index contributed by atoms with van der Waals surface area (Å²) in [5, 5.41) is 0. The predicted octanol–water partition coefficient (Wildman–Crippen LogP) is 3.46. The van der Waals surface area contributed by atoms with Crippen molar-refractivity contribution >= 4 is 5.91 Å². The number of fused-ring (bicyclic) bond motifs is 1. The monoisotopic (exact) mass is 360 g/mol. The second-order valence-corrected chi connectivity index (χ2v) is 7.75. The number of rotatable bonds is 5. The van der Waals surface area contributed by atoms with E-state index in [2.05, 4.69) is 21.9 Å². The van der Waals surface area contributed by atoms with Gasteiger partial charge in [-0.3, -0.25) is 9.69 Å². The summed E-state index contributed by atoms with van der Waals surface area (Å²) in [5.41, 5.74) is 1.24. The van der Waals surface area contributed by atoms with Gasteiger partial charge in [-0.25, -0.2) is 0 Å². The summed E-state index contributed by atoms with van der Waals surface area (Å²) in [7, 11) is 1.69. The highest BCUT2D eigenvalue weighted by Crippen LogP contribution is 2.33. The van der Waals surface area contributed by atoms with E-state index < -0.39 is 0 Å². The fourth-order valence-electron chi connectivity index (χ4n) is 4.43. The lowest BCUT2D eigenvalue weighted by atomic mass is 10.0. The number of methoxy groups -OCH3 is 1. The maximum atomic E-state index is 12.0. The number of nitrogens with zero attached hydrogens (tertiary/aromatic N) is 2. The van der Waals surface area contributed by atoms with Crippen LogP contribution in [0.1, 0.15) is 52.0 Å². The SMILES string of the molecule is COc1cc(CN2CCCC[C@@H]3[C@H]2CCN3C(C)=O)ccc1OC(C)C. The van der Waals surface area contributed by atoms with Gasteiger partial charge in [0.05, 0.1) is 13.2 Å². The predicted molar refractivity (Wildman–Crippen MR) is 103 cm³/mol. The highest BCUT2D eigenvalue weighted by molar-refractivity contribution is 5.74. The summed E-state index contributed by atoms with van der Waals surface area (Å²) in [6.07, 6.45) is 4.73. The zero-order chi connectivity index (χ0) is 18.7.